The van der Waals surface area contributed by atoms with Gasteiger partial charge in [0.1, 0.15) is 5.82 Å². The van der Waals surface area contributed by atoms with E-state index in [9.17, 15) is 4.79 Å². The molecule has 0 unspecified atom stereocenters. The number of anilines is 1. The number of nitrogens with zero attached hydrogens (tertiary/aromatic N) is 7. The molecule has 4 aromatic rings. The van der Waals surface area contributed by atoms with Gasteiger partial charge in [-0.1, -0.05) is 18.2 Å². The topological polar surface area (TPSA) is 115 Å². The van der Waals surface area contributed by atoms with Gasteiger partial charge >= 0.3 is 0 Å². The lowest BCUT2D eigenvalue weighted by atomic mass is 10.3. The van der Waals surface area contributed by atoms with E-state index in [1.54, 1.807) is 4.68 Å². The van der Waals surface area contributed by atoms with E-state index in [1.807, 2.05) is 62.4 Å². The van der Waals surface area contributed by atoms with E-state index < -0.39 is 0 Å². The fourth-order valence-electron chi connectivity index (χ4n) is 2.90. The van der Waals surface area contributed by atoms with Gasteiger partial charge in [-0.15, -0.1) is 15.3 Å². The molecule has 0 atom stereocenters. The molecule has 0 aliphatic carbocycles. The van der Waals surface area contributed by atoms with Crippen molar-refractivity contribution >= 4 is 11.7 Å². The standard InChI is InChI=1S/C20H21N9O/c1-14-12-15(2)28(26-14)19-9-8-18(24-25-19)21-10-11-22-20(30)17-13-23-29(27-17)16-6-4-3-5-7-16/h3-9,12-13H,10-11H2,1-2H3,(H,21,24)(H,22,30). The molecule has 0 fully saturated rings. The Balaban J connectivity index is 1.26. The molecule has 3 aromatic heterocycles. The van der Waals surface area contributed by atoms with Gasteiger partial charge in [0.2, 0.25) is 0 Å². The van der Waals surface area contributed by atoms with Gasteiger partial charge in [0.25, 0.3) is 5.91 Å². The third kappa shape index (κ3) is 4.32. The summed E-state index contributed by atoms with van der Waals surface area (Å²) in [6.45, 7) is 4.79. The lowest BCUT2D eigenvalue weighted by molar-refractivity contribution is 0.0950. The third-order valence-electron chi connectivity index (χ3n) is 4.31. The Labute approximate surface area is 172 Å². The zero-order chi connectivity index (χ0) is 20.9. The molecule has 0 bridgehead atoms. The average Bonchev–Trinajstić information content (AvgIpc) is 3.39. The van der Waals surface area contributed by atoms with E-state index in [-0.39, 0.29) is 11.6 Å². The van der Waals surface area contributed by atoms with Crippen molar-refractivity contribution in [3.8, 4) is 11.5 Å². The number of aromatic nitrogens is 7. The largest absolute Gasteiger partial charge is 0.367 e. The maximum atomic E-state index is 12.2. The van der Waals surface area contributed by atoms with Gasteiger partial charge in [-0.2, -0.15) is 15.0 Å². The molecule has 0 saturated heterocycles. The molecule has 4 rings (SSSR count). The van der Waals surface area contributed by atoms with Crippen LogP contribution in [0.5, 0.6) is 0 Å². The monoisotopic (exact) mass is 403 g/mol. The molecule has 0 aliphatic rings. The predicted octanol–water partition coefficient (Wildman–Crippen LogP) is 1.70. The molecular weight excluding hydrogens is 382 g/mol. The minimum absolute atomic E-state index is 0.257. The molecule has 0 aliphatic heterocycles. The van der Waals surface area contributed by atoms with Crippen LogP contribution in [-0.2, 0) is 0 Å². The smallest absolute Gasteiger partial charge is 0.273 e. The number of hydrogen-bond donors (Lipinski definition) is 2. The fraction of sp³-hybridized carbons (Fsp3) is 0.200. The predicted molar refractivity (Wildman–Crippen MR) is 111 cm³/mol. The van der Waals surface area contributed by atoms with Gasteiger partial charge in [-0.05, 0) is 44.2 Å². The van der Waals surface area contributed by atoms with Crippen molar-refractivity contribution in [3.05, 3.63) is 71.8 Å². The first-order valence-corrected chi connectivity index (χ1v) is 9.47. The Hall–Kier alpha value is -4.08. The summed E-state index contributed by atoms with van der Waals surface area (Å²) in [4.78, 5) is 13.7. The summed E-state index contributed by atoms with van der Waals surface area (Å²) in [5.74, 6) is 0.982. The Kier molecular flexibility index (Phi) is 5.46. The summed E-state index contributed by atoms with van der Waals surface area (Å²) in [5.41, 5.74) is 2.97. The van der Waals surface area contributed by atoms with Crippen molar-refractivity contribution in [3.63, 3.8) is 0 Å². The lowest BCUT2D eigenvalue weighted by Gasteiger charge is -2.07. The van der Waals surface area contributed by atoms with Crippen molar-refractivity contribution < 1.29 is 4.79 Å². The maximum Gasteiger partial charge on any atom is 0.273 e. The third-order valence-corrected chi connectivity index (χ3v) is 4.31. The minimum Gasteiger partial charge on any atom is -0.367 e. The highest BCUT2D eigenvalue weighted by molar-refractivity contribution is 5.91. The van der Waals surface area contributed by atoms with Gasteiger partial charge < -0.3 is 10.6 Å². The zero-order valence-electron chi connectivity index (χ0n) is 16.6. The van der Waals surface area contributed by atoms with Gasteiger partial charge in [-0.3, -0.25) is 4.79 Å². The number of rotatable bonds is 7. The summed E-state index contributed by atoms with van der Waals surface area (Å²) in [5, 5.41) is 27.0. The number of nitrogens with one attached hydrogen (secondary N) is 2. The van der Waals surface area contributed by atoms with Crippen LogP contribution in [0, 0.1) is 13.8 Å². The van der Waals surface area contributed by atoms with E-state index in [1.165, 1.54) is 11.0 Å². The number of hydrogen-bond acceptors (Lipinski definition) is 7. The van der Waals surface area contributed by atoms with Crippen molar-refractivity contribution in [2.75, 3.05) is 18.4 Å². The molecular formula is C20H21N9O. The molecule has 3 heterocycles. The van der Waals surface area contributed by atoms with E-state index in [0.717, 1.165) is 17.1 Å². The molecule has 1 amide bonds. The average molecular weight is 403 g/mol. The Morgan fingerprint density at radius 3 is 2.53 bits per heavy atom. The molecule has 1 aromatic carbocycles. The Morgan fingerprint density at radius 2 is 1.83 bits per heavy atom. The number of carbonyl (C=O) groups excluding carboxylic acids is 1. The zero-order valence-corrected chi connectivity index (χ0v) is 16.6. The van der Waals surface area contributed by atoms with Crippen LogP contribution in [0.4, 0.5) is 5.82 Å². The van der Waals surface area contributed by atoms with Crippen LogP contribution in [0.25, 0.3) is 11.5 Å². The first-order valence-electron chi connectivity index (χ1n) is 9.47. The van der Waals surface area contributed by atoms with Crippen LogP contribution in [-0.4, -0.2) is 54.0 Å². The second kappa shape index (κ2) is 8.52. The number of amides is 1. The molecule has 152 valence electrons. The van der Waals surface area contributed by atoms with Crippen molar-refractivity contribution in [1.29, 1.82) is 0 Å². The molecule has 30 heavy (non-hydrogen) atoms. The Morgan fingerprint density at radius 1 is 1.00 bits per heavy atom. The number of carbonyl (C=O) groups is 1. The number of benzene rings is 1. The summed E-state index contributed by atoms with van der Waals surface area (Å²) in [7, 11) is 0. The van der Waals surface area contributed by atoms with Crippen LogP contribution in [0.3, 0.4) is 0 Å². The minimum atomic E-state index is -0.287. The summed E-state index contributed by atoms with van der Waals surface area (Å²) < 4.78 is 1.74. The van der Waals surface area contributed by atoms with Crippen LogP contribution < -0.4 is 10.6 Å². The van der Waals surface area contributed by atoms with Crippen LogP contribution >= 0.6 is 0 Å². The maximum absolute atomic E-state index is 12.2. The first-order chi connectivity index (χ1) is 14.6. The summed E-state index contributed by atoms with van der Waals surface area (Å²) >= 11 is 0. The summed E-state index contributed by atoms with van der Waals surface area (Å²) in [6, 6.07) is 15.1. The highest BCUT2D eigenvalue weighted by atomic mass is 16.2. The lowest BCUT2D eigenvalue weighted by Crippen LogP contribution is -2.29. The second-order valence-electron chi connectivity index (χ2n) is 6.65. The molecule has 0 radical (unpaired) electrons. The normalized spacial score (nSPS) is 10.7. The van der Waals surface area contributed by atoms with Gasteiger partial charge in [-0.25, -0.2) is 4.68 Å². The molecule has 10 heteroatoms. The van der Waals surface area contributed by atoms with Crippen LogP contribution in [0.1, 0.15) is 21.9 Å². The van der Waals surface area contributed by atoms with E-state index in [4.69, 9.17) is 0 Å². The van der Waals surface area contributed by atoms with Crippen molar-refractivity contribution in [2.45, 2.75) is 13.8 Å². The van der Waals surface area contributed by atoms with Gasteiger partial charge in [0, 0.05) is 18.8 Å². The van der Waals surface area contributed by atoms with Crippen LogP contribution in [0.15, 0.2) is 54.7 Å². The van der Waals surface area contributed by atoms with Crippen molar-refractivity contribution in [2.24, 2.45) is 0 Å². The molecule has 10 nitrogen and oxygen atoms in total. The van der Waals surface area contributed by atoms with E-state index >= 15 is 0 Å². The van der Waals surface area contributed by atoms with Crippen LogP contribution in [0.2, 0.25) is 0 Å². The quantitative estimate of drug-likeness (QED) is 0.451. The first kappa shape index (κ1) is 19.2. The van der Waals surface area contributed by atoms with Gasteiger partial charge in [0.15, 0.2) is 11.5 Å². The van der Waals surface area contributed by atoms with E-state index in [0.29, 0.717) is 24.7 Å². The SMILES string of the molecule is Cc1cc(C)n(-c2ccc(NCCNC(=O)c3cnn(-c4ccccc4)n3)nn2)n1. The summed E-state index contributed by atoms with van der Waals surface area (Å²) in [6.07, 6.45) is 1.44. The second-order valence-corrected chi connectivity index (χ2v) is 6.65. The molecule has 0 spiro atoms. The van der Waals surface area contributed by atoms with Gasteiger partial charge in [0.05, 0.1) is 17.6 Å². The van der Waals surface area contributed by atoms with Crippen molar-refractivity contribution in [1.82, 2.24) is 40.3 Å². The highest BCUT2D eigenvalue weighted by Gasteiger charge is 2.11. The molecule has 2 N–H and O–H groups in total. The molecule has 0 saturated carbocycles. The fourth-order valence-corrected chi connectivity index (χ4v) is 2.90. The van der Waals surface area contributed by atoms with E-state index in [2.05, 4.69) is 36.1 Å². The highest BCUT2D eigenvalue weighted by Crippen LogP contribution is 2.10. The Bertz CT molecular complexity index is 1130. The number of para-hydroxylation sites is 1. The number of aryl methyl sites for hydroxylation is 2.